The van der Waals surface area contributed by atoms with Crippen molar-refractivity contribution in [2.75, 3.05) is 0 Å². The predicted molar refractivity (Wildman–Crippen MR) is 72.0 cm³/mol. The molecule has 1 heterocycles. The highest BCUT2D eigenvalue weighted by molar-refractivity contribution is 9.10. The van der Waals surface area contributed by atoms with Crippen LogP contribution < -0.4 is 5.69 Å². The molecule has 16 heavy (non-hydrogen) atoms. The lowest BCUT2D eigenvalue weighted by Gasteiger charge is -2.06. The summed E-state index contributed by atoms with van der Waals surface area (Å²) in [6.07, 6.45) is 0. The van der Waals surface area contributed by atoms with Crippen LogP contribution in [0.4, 0.5) is 0 Å². The van der Waals surface area contributed by atoms with Crippen molar-refractivity contribution in [1.82, 2.24) is 9.55 Å². The molecule has 0 fully saturated rings. The average Bonchev–Trinajstić information content (AvgIpc) is 2.59. The number of hydrogen-bond acceptors (Lipinski definition) is 1. The van der Waals surface area contributed by atoms with E-state index >= 15 is 0 Å². The summed E-state index contributed by atoms with van der Waals surface area (Å²) in [5.74, 6) is 0. The van der Waals surface area contributed by atoms with Gasteiger partial charge in [0.1, 0.15) is 0 Å². The van der Waals surface area contributed by atoms with Crippen molar-refractivity contribution in [3.05, 3.63) is 33.2 Å². The zero-order valence-corrected chi connectivity index (χ0v) is 11.6. The van der Waals surface area contributed by atoms with E-state index in [1.165, 1.54) is 0 Å². The van der Waals surface area contributed by atoms with Gasteiger partial charge in [-0.2, -0.15) is 0 Å². The molecule has 4 heteroatoms. The lowest BCUT2D eigenvalue weighted by atomic mass is 10.3. The van der Waals surface area contributed by atoms with E-state index in [0.717, 1.165) is 15.5 Å². The molecule has 0 aliphatic carbocycles. The monoisotopic (exact) mass is 284 g/mol. The van der Waals surface area contributed by atoms with Crippen LogP contribution in [0.2, 0.25) is 0 Å². The topological polar surface area (TPSA) is 37.8 Å². The minimum absolute atomic E-state index is 0.0538. The Kier molecular flexibility index (Phi) is 4.35. The first kappa shape index (κ1) is 13.0. The zero-order chi connectivity index (χ0) is 12.3. The molecule has 0 saturated carbocycles. The number of nitrogens with zero attached hydrogens (tertiary/aromatic N) is 1. The molecule has 1 aromatic carbocycles. The summed E-state index contributed by atoms with van der Waals surface area (Å²) in [5, 5.41) is 0. The molecule has 3 nitrogen and oxygen atoms in total. The summed E-state index contributed by atoms with van der Waals surface area (Å²) in [5.41, 5.74) is 1.76. The van der Waals surface area contributed by atoms with Crippen molar-refractivity contribution in [2.24, 2.45) is 0 Å². The molecule has 1 aromatic heterocycles. The van der Waals surface area contributed by atoms with Crippen molar-refractivity contribution < 1.29 is 0 Å². The van der Waals surface area contributed by atoms with Crippen molar-refractivity contribution in [3.8, 4) is 0 Å². The number of H-pyrrole nitrogens is 1. The Bertz CT molecular complexity index is 525. The van der Waals surface area contributed by atoms with Gasteiger partial charge in [-0.25, -0.2) is 4.79 Å². The average molecular weight is 285 g/mol. The SMILES string of the molecule is CC.CC(C)n1c(=O)[nH]c2c(Br)cccc21. The molecular formula is C12H17BrN2O. The van der Waals surface area contributed by atoms with Gasteiger partial charge in [-0.05, 0) is 41.9 Å². The molecule has 0 bridgehead atoms. The van der Waals surface area contributed by atoms with Crippen LogP contribution in [-0.4, -0.2) is 9.55 Å². The van der Waals surface area contributed by atoms with Crippen LogP contribution in [0.5, 0.6) is 0 Å². The fraction of sp³-hybridized carbons (Fsp3) is 0.417. The number of halogens is 1. The van der Waals surface area contributed by atoms with Gasteiger partial charge in [0.25, 0.3) is 0 Å². The first-order chi connectivity index (χ1) is 7.61. The number of fused-ring (bicyclic) bond motifs is 1. The number of aromatic amines is 1. The predicted octanol–water partition coefficient (Wildman–Crippen LogP) is 3.70. The lowest BCUT2D eigenvalue weighted by Crippen LogP contribution is -2.18. The molecule has 0 aliphatic heterocycles. The Morgan fingerprint density at radius 3 is 2.50 bits per heavy atom. The molecule has 0 amide bonds. The lowest BCUT2D eigenvalue weighted by molar-refractivity contribution is 0.598. The highest BCUT2D eigenvalue weighted by atomic mass is 79.9. The smallest absolute Gasteiger partial charge is 0.305 e. The summed E-state index contributed by atoms with van der Waals surface area (Å²) in [4.78, 5) is 14.5. The minimum Gasteiger partial charge on any atom is -0.305 e. The molecule has 0 aliphatic rings. The van der Waals surface area contributed by atoms with Crippen LogP contribution in [0.25, 0.3) is 11.0 Å². The van der Waals surface area contributed by atoms with Crippen LogP contribution >= 0.6 is 15.9 Å². The number of benzene rings is 1. The highest BCUT2D eigenvalue weighted by Crippen LogP contribution is 2.22. The van der Waals surface area contributed by atoms with E-state index < -0.39 is 0 Å². The number of aromatic nitrogens is 2. The fourth-order valence-electron chi connectivity index (χ4n) is 1.63. The molecule has 0 saturated heterocycles. The van der Waals surface area contributed by atoms with Crippen LogP contribution in [0.3, 0.4) is 0 Å². The quantitative estimate of drug-likeness (QED) is 0.852. The van der Waals surface area contributed by atoms with Crippen LogP contribution in [0.1, 0.15) is 33.7 Å². The van der Waals surface area contributed by atoms with E-state index in [1.807, 2.05) is 45.9 Å². The summed E-state index contributed by atoms with van der Waals surface area (Å²) in [7, 11) is 0. The molecular weight excluding hydrogens is 268 g/mol. The number of hydrogen-bond donors (Lipinski definition) is 1. The molecule has 0 radical (unpaired) electrons. The van der Waals surface area contributed by atoms with Gasteiger partial charge in [-0.3, -0.25) is 4.57 Å². The Balaban J connectivity index is 0.000000606. The summed E-state index contributed by atoms with van der Waals surface area (Å²) in [6.45, 7) is 7.99. The Labute approximate surface area is 104 Å². The Morgan fingerprint density at radius 1 is 1.31 bits per heavy atom. The minimum atomic E-state index is -0.0538. The second-order valence-electron chi connectivity index (χ2n) is 3.53. The first-order valence-electron chi connectivity index (χ1n) is 5.50. The highest BCUT2D eigenvalue weighted by Gasteiger charge is 2.10. The van der Waals surface area contributed by atoms with Crippen molar-refractivity contribution in [2.45, 2.75) is 33.7 Å². The summed E-state index contributed by atoms with van der Waals surface area (Å²) < 4.78 is 2.67. The van der Waals surface area contributed by atoms with E-state index in [1.54, 1.807) is 4.57 Å². The van der Waals surface area contributed by atoms with Gasteiger partial charge in [0.15, 0.2) is 0 Å². The van der Waals surface area contributed by atoms with Crippen LogP contribution in [0, 0.1) is 0 Å². The van der Waals surface area contributed by atoms with Gasteiger partial charge in [0, 0.05) is 10.5 Å². The maximum Gasteiger partial charge on any atom is 0.326 e. The normalized spacial score (nSPS) is 10.4. The third-order valence-electron chi connectivity index (χ3n) is 2.22. The Hall–Kier alpha value is -1.03. The number of para-hydroxylation sites is 1. The summed E-state index contributed by atoms with van der Waals surface area (Å²) in [6, 6.07) is 5.96. The third kappa shape index (κ3) is 2.21. The van der Waals surface area contributed by atoms with Crippen LogP contribution in [0.15, 0.2) is 27.5 Å². The van der Waals surface area contributed by atoms with E-state index in [4.69, 9.17) is 0 Å². The largest absolute Gasteiger partial charge is 0.326 e. The van der Waals surface area contributed by atoms with E-state index in [2.05, 4.69) is 20.9 Å². The van der Waals surface area contributed by atoms with Gasteiger partial charge in [-0.1, -0.05) is 19.9 Å². The summed E-state index contributed by atoms with van der Waals surface area (Å²) >= 11 is 3.41. The fourth-order valence-corrected chi connectivity index (χ4v) is 2.08. The van der Waals surface area contributed by atoms with E-state index in [0.29, 0.717) is 0 Å². The second-order valence-corrected chi connectivity index (χ2v) is 4.38. The maximum atomic E-state index is 11.6. The van der Waals surface area contributed by atoms with Gasteiger partial charge in [0.05, 0.1) is 11.0 Å². The maximum absolute atomic E-state index is 11.6. The van der Waals surface area contributed by atoms with Gasteiger partial charge in [-0.15, -0.1) is 0 Å². The Morgan fingerprint density at radius 2 is 1.94 bits per heavy atom. The number of rotatable bonds is 1. The van der Waals surface area contributed by atoms with Gasteiger partial charge >= 0.3 is 5.69 Å². The van der Waals surface area contributed by atoms with Gasteiger partial charge < -0.3 is 4.98 Å². The molecule has 88 valence electrons. The van der Waals surface area contributed by atoms with Crippen LogP contribution in [-0.2, 0) is 0 Å². The van der Waals surface area contributed by atoms with Crippen molar-refractivity contribution in [3.63, 3.8) is 0 Å². The standard InChI is InChI=1S/C10H11BrN2O.C2H6/c1-6(2)13-8-5-3-4-7(11)9(8)12-10(13)14;1-2/h3-6H,1-2H3,(H,12,14);1-2H3. The van der Waals surface area contributed by atoms with E-state index in [-0.39, 0.29) is 11.7 Å². The molecule has 0 spiro atoms. The molecule has 2 aromatic rings. The van der Waals surface area contributed by atoms with Crippen molar-refractivity contribution >= 4 is 27.0 Å². The number of imidazole rings is 1. The second kappa shape index (κ2) is 5.34. The molecule has 0 atom stereocenters. The van der Waals surface area contributed by atoms with E-state index in [9.17, 15) is 4.79 Å². The molecule has 0 unspecified atom stereocenters. The molecule has 2 rings (SSSR count). The number of nitrogens with one attached hydrogen (secondary N) is 1. The zero-order valence-electron chi connectivity index (χ0n) is 10.0. The van der Waals surface area contributed by atoms with Crippen molar-refractivity contribution in [1.29, 1.82) is 0 Å². The van der Waals surface area contributed by atoms with Gasteiger partial charge in [0.2, 0.25) is 0 Å². The first-order valence-corrected chi connectivity index (χ1v) is 6.29. The molecule has 1 N–H and O–H groups in total. The third-order valence-corrected chi connectivity index (χ3v) is 2.88.